The molecule has 0 heterocycles. The normalized spacial score (nSPS) is 11.9. The van der Waals surface area contributed by atoms with Gasteiger partial charge in [0.25, 0.3) is 0 Å². The second-order valence-electron chi connectivity index (χ2n) is 4.98. The summed E-state index contributed by atoms with van der Waals surface area (Å²) in [6.07, 6.45) is 0.0387. The van der Waals surface area contributed by atoms with Gasteiger partial charge in [0.2, 0.25) is 10.0 Å². The smallest absolute Gasteiger partial charge is 0.246 e. The predicted molar refractivity (Wildman–Crippen MR) is 82.3 cm³/mol. The highest BCUT2D eigenvalue weighted by Crippen LogP contribution is 2.28. The molecule has 8 heteroatoms. The maximum atomic E-state index is 14.1. The zero-order valence-corrected chi connectivity index (χ0v) is 14.2. The maximum absolute atomic E-state index is 14.1. The molecular weight excluding hydrogens is 361 g/mol. The van der Waals surface area contributed by atoms with Crippen LogP contribution in [0, 0.1) is 23.1 Å². The van der Waals surface area contributed by atoms with E-state index in [9.17, 15) is 12.8 Å². The highest BCUT2D eigenvalue weighted by Gasteiger charge is 2.29. The van der Waals surface area contributed by atoms with Crippen LogP contribution in [0.1, 0.15) is 20.3 Å². The first-order chi connectivity index (χ1) is 9.70. The van der Waals surface area contributed by atoms with Crippen molar-refractivity contribution in [2.75, 3.05) is 18.8 Å². The second kappa shape index (κ2) is 7.20. The van der Waals surface area contributed by atoms with Gasteiger partial charge >= 0.3 is 0 Å². The quantitative estimate of drug-likeness (QED) is 0.771. The van der Waals surface area contributed by atoms with Crippen LogP contribution < -0.4 is 5.73 Å². The number of rotatable bonds is 6. The van der Waals surface area contributed by atoms with E-state index in [1.165, 1.54) is 6.07 Å². The summed E-state index contributed by atoms with van der Waals surface area (Å²) in [4.78, 5) is -0.479. The second-order valence-corrected chi connectivity index (χ2v) is 7.74. The fourth-order valence-corrected chi connectivity index (χ4v) is 4.14. The van der Waals surface area contributed by atoms with Crippen molar-refractivity contribution in [2.24, 2.45) is 5.92 Å². The molecule has 0 saturated heterocycles. The van der Waals surface area contributed by atoms with Crippen LogP contribution in [0.5, 0.6) is 0 Å². The number of nitrogens with zero attached hydrogens (tertiary/aromatic N) is 2. The van der Waals surface area contributed by atoms with E-state index in [-0.39, 0.29) is 35.6 Å². The molecule has 1 rings (SSSR count). The van der Waals surface area contributed by atoms with Crippen molar-refractivity contribution < 1.29 is 12.8 Å². The minimum Gasteiger partial charge on any atom is -0.399 e. The van der Waals surface area contributed by atoms with Crippen LogP contribution in [0.2, 0.25) is 0 Å². The van der Waals surface area contributed by atoms with Crippen molar-refractivity contribution in [1.29, 1.82) is 5.26 Å². The van der Waals surface area contributed by atoms with Crippen molar-refractivity contribution in [3.8, 4) is 6.07 Å². The van der Waals surface area contributed by atoms with Crippen molar-refractivity contribution in [3.63, 3.8) is 0 Å². The zero-order valence-electron chi connectivity index (χ0n) is 11.8. The molecular formula is C13H17BrFN3O2S. The first kappa shape index (κ1) is 17.9. The van der Waals surface area contributed by atoms with Crippen LogP contribution in [-0.2, 0) is 10.0 Å². The Morgan fingerprint density at radius 2 is 2.10 bits per heavy atom. The number of benzene rings is 1. The molecule has 0 bridgehead atoms. The van der Waals surface area contributed by atoms with E-state index >= 15 is 0 Å². The lowest BCUT2D eigenvalue weighted by Crippen LogP contribution is -2.35. The number of hydrogen-bond acceptors (Lipinski definition) is 4. The maximum Gasteiger partial charge on any atom is 0.246 e. The van der Waals surface area contributed by atoms with Crippen LogP contribution in [0.25, 0.3) is 0 Å². The van der Waals surface area contributed by atoms with Gasteiger partial charge in [0, 0.05) is 25.2 Å². The molecule has 0 aliphatic heterocycles. The minimum atomic E-state index is -4.05. The number of nitriles is 1. The molecule has 0 atom stereocenters. The summed E-state index contributed by atoms with van der Waals surface area (Å²) >= 11 is 2.95. The van der Waals surface area contributed by atoms with E-state index in [2.05, 4.69) is 15.9 Å². The molecule has 5 nitrogen and oxygen atoms in total. The Balaban J connectivity index is 3.32. The summed E-state index contributed by atoms with van der Waals surface area (Å²) in [5, 5.41) is 8.66. The van der Waals surface area contributed by atoms with Crippen LogP contribution in [0.4, 0.5) is 10.1 Å². The van der Waals surface area contributed by atoms with Gasteiger partial charge in [-0.1, -0.05) is 13.8 Å². The molecule has 0 radical (unpaired) electrons. The summed E-state index contributed by atoms with van der Waals surface area (Å²) in [6, 6.07) is 4.29. The Labute approximate surface area is 132 Å². The predicted octanol–water partition coefficient (Wildman–Crippen LogP) is 2.73. The lowest BCUT2D eigenvalue weighted by Gasteiger charge is -2.23. The summed E-state index contributed by atoms with van der Waals surface area (Å²) in [5.41, 5.74) is 5.74. The van der Waals surface area contributed by atoms with Gasteiger partial charge < -0.3 is 5.73 Å². The van der Waals surface area contributed by atoms with Gasteiger partial charge in [-0.05, 0) is 34.0 Å². The Morgan fingerprint density at radius 3 is 2.62 bits per heavy atom. The highest BCUT2D eigenvalue weighted by molar-refractivity contribution is 9.10. The number of nitrogens with two attached hydrogens (primary N) is 1. The molecule has 0 aromatic heterocycles. The number of anilines is 1. The van der Waals surface area contributed by atoms with Crippen LogP contribution in [0.3, 0.4) is 0 Å². The molecule has 2 N–H and O–H groups in total. The van der Waals surface area contributed by atoms with Gasteiger partial charge in [-0.15, -0.1) is 0 Å². The summed E-state index contributed by atoms with van der Waals surface area (Å²) in [7, 11) is -4.05. The molecule has 0 aliphatic rings. The number of hydrogen-bond donors (Lipinski definition) is 1. The lowest BCUT2D eigenvalue weighted by atomic mass is 10.2. The molecule has 0 amide bonds. The van der Waals surface area contributed by atoms with Crippen molar-refractivity contribution in [3.05, 3.63) is 22.4 Å². The summed E-state index contributed by atoms with van der Waals surface area (Å²) < 4.78 is 40.4. The van der Waals surface area contributed by atoms with E-state index in [4.69, 9.17) is 11.0 Å². The highest BCUT2D eigenvalue weighted by atomic mass is 79.9. The molecule has 0 spiro atoms. The van der Waals surface area contributed by atoms with Crippen molar-refractivity contribution in [1.82, 2.24) is 4.31 Å². The molecule has 1 aromatic rings. The SMILES string of the molecule is CC(C)CN(CCC#N)S(=O)(=O)c1cc(N)cc(Br)c1F. The van der Waals surface area contributed by atoms with Crippen molar-refractivity contribution in [2.45, 2.75) is 25.2 Å². The van der Waals surface area contributed by atoms with E-state index in [1.54, 1.807) is 0 Å². The van der Waals surface area contributed by atoms with Crippen LogP contribution in [-0.4, -0.2) is 25.8 Å². The topological polar surface area (TPSA) is 87.2 Å². The van der Waals surface area contributed by atoms with Gasteiger partial charge in [-0.3, -0.25) is 0 Å². The third-order valence-corrected chi connectivity index (χ3v) is 5.12. The summed E-state index contributed by atoms with van der Waals surface area (Å²) in [6.45, 7) is 3.92. The molecule has 21 heavy (non-hydrogen) atoms. The van der Waals surface area contributed by atoms with Gasteiger partial charge in [0.05, 0.1) is 10.5 Å². The number of sulfonamides is 1. The fourth-order valence-electron chi connectivity index (χ4n) is 1.80. The zero-order chi connectivity index (χ0) is 16.2. The van der Waals surface area contributed by atoms with Gasteiger partial charge in [-0.25, -0.2) is 12.8 Å². The van der Waals surface area contributed by atoms with Gasteiger partial charge in [0.15, 0.2) is 5.82 Å². The lowest BCUT2D eigenvalue weighted by molar-refractivity contribution is 0.370. The average molecular weight is 378 g/mol. The van der Waals surface area contributed by atoms with Gasteiger partial charge in [0.1, 0.15) is 4.90 Å². The Morgan fingerprint density at radius 1 is 1.48 bits per heavy atom. The molecule has 0 unspecified atom stereocenters. The minimum absolute atomic E-state index is 0.00847. The van der Waals surface area contributed by atoms with E-state index in [0.29, 0.717) is 0 Å². The molecule has 0 aliphatic carbocycles. The fraction of sp³-hybridized carbons (Fsp3) is 0.462. The molecule has 0 fully saturated rings. The van der Waals surface area contributed by atoms with Crippen molar-refractivity contribution >= 4 is 31.6 Å². The van der Waals surface area contributed by atoms with Crippen LogP contribution in [0.15, 0.2) is 21.5 Å². The number of halogens is 2. The number of nitrogen functional groups attached to an aromatic ring is 1. The first-order valence-corrected chi connectivity index (χ1v) is 8.55. The van der Waals surface area contributed by atoms with Gasteiger partial charge in [-0.2, -0.15) is 9.57 Å². The molecule has 116 valence electrons. The third-order valence-electron chi connectivity index (χ3n) is 2.68. The first-order valence-electron chi connectivity index (χ1n) is 6.31. The third kappa shape index (κ3) is 4.40. The standard InChI is InChI=1S/C13H17BrFN3O2S/c1-9(2)8-18(5-3-4-16)21(19,20)12-7-10(17)6-11(14)13(12)15/h6-7,9H,3,5,8,17H2,1-2H3. The Bertz CT molecular complexity index is 656. The molecule has 1 aromatic carbocycles. The Hall–Kier alpha value is -1.17. The largest absolute Gasteiger partial charge is 0.399 e. The van der Waals surface area contributed by atoms with E-state index < -0.39 is 20.7 Å². The van der Waals surface area contributed by atoms with Crippen LogP contribution >= 0.6 is 15.9 Å². The summed E-state index contributed by atoms with van der Waals surface area (Å²) in [5.74, 6) is -0.832. The molecule has 0 saturated carbocycles. The van der Waals surface area contributed by atoms with E-state index in [0.717, 1.165) is 10.4 Å². The average Bonchev–Trinajstić information content (AvgIpc) is 2.38. The van der Waals surface area contributed by atoms with E-state index in [1.807, 2.05) is 19.9 Å². The Kier molecular flexibility index (Phi) is 6.13. The monoisotopic (exact) mass is 377 g/mol.